The van der Waals surface area contributed by atoms with Gasteiger partial charge in [0.05, 0.1) is 6.61 Å². The molecule has 21 heavy (non-hydrogen) atoms. The van der Waals surface area contributed by atoms with Gasteiger partial charge < -0.3 is 5.11 Å². The van der Waals surface area contributed by atoms with Crippen molar-refractivity contribution in [2.45, 2.75) is 71.1 Å². The highest BCUT2D eigenvalue weighted by Crippen LogP contribution is 2.10. The van der Waals surface area contributed by atoms with Crippen molar-refractivity contribution in [3.8, 4) is 0 Å². The van der Waals surface area contributed by atoms with Crippen molar-refractivity contribution in [3.63, 3.8) is 0 Å². The summed E-state index contributed by atoms with van der Waals surface area (Å²) < 4.78 is 23.0. The van der Waals surface area contributed by atoms with Crippen molar-refractivity contribution in [3.05, 3.63) is 0 Å². The van der Waals surface area contributed by atoms with Gasteiger partial charge in [-0.1, -0.05) is 64.7 Å². The molecular formula is C16H34O3S2. The molecule has 2 atom stereocenters. The van der Waals surface area contributed by atoms with E-state index in [0.29, 0.717) is 17.3 Å². The van der Waals surface area contributed by atoms with E-state index in [1.165, 1.54) is 57.8 Å². The van der Waals surface area contributed by atoms with E-state index in [2.05, 4.69) is 6.92 Å². The van der Waals surface area contributed by atoms with Gasteiger partial charge in [0.1, 0.15) is 0 Å². The summed E-state index contributed by atoms with van der Waals surface area (Å²) in [6.07, 6.45) is 12.9. The van der Waals surface area contributed by atoms with E-state index in [0.717, 1.165) is 12.2 Å². The van der Waals surface area contributed by atoms with Crippen LogP contribution in [0.5, 0.6) is 0 Å². The van der Waals surface area contributed by atoms with Gasteiger partial charge in [0.2, 0.25) is 0 Å². The van der Waals surface area contributed by atoms with Crippen molar-refractivity contribution < 1.29 is 13.5 Å². The SMILES string of the molecule is CCCCCCCCCCCCS(=O)CCS(=O)CCO. The molecule has 0 radical (unpaired) electrons. The first-order valence-corrected chi connectivity index (χ1v) is 11.5. The van der Waals surface area contributed by atoms with E-state index in [1.807, 2.05) is 0 Å². The Morgan fingerprint density at radius 2 is 1.05 bits per heavy atom. The molecule has 0 saturated heterocycles. The lowest BCUT2D eigenvalue weighted by molar-refractivity contribution is 0.321. The summed E-state index contributed by atoms with van der Waals surface area (Å²) in [6.45, 7) is 2.20. The van der Waals surface area contributed by atoms with E-state index < -0.39 is 21.6 Å². The number of hydrogen-bond acceptors (Lipinski definition) is 3. The Kier molecular flexibility index (Phi) is 16.8. The quantitative estimate of drug-likeness (QED) is 0.439. The zero-order valence-electron chi connectivity index (χ0n) is 13.7. The van der Waals surface area contributed by atoms with Crippen molar-refractivity contribution in [1.29, 1.82) is 0 Å². The van der Waals surface area contributed by atoms with E-state index >= 15 is 0 Å². The monoisotopic (exact) mass is 338 g/mol. The molecule has 0 bridgehead atoms. The number of aliphatic hydroxyl groups excluding tert-OH is 1. The fraction of sp³-hybridized carbons (Fsp3) is 1.00. The molecule has 3 nitrogen and oxygen atoms in total. The van der Waals surface area contributed by atoms with Gasteiger partial charge >= 0.3 is 0 Å². The Labute approximate surface area is 136 Å². The van der Waals surface area contributed by atoms with Crippen LogP contribution in [-0.4, -0.2) is 43.1 Å². The molecule has 0 amide bonds. The van der Waals surface area contributed by atoms with Crippen LogP contribution in [0.4, 0.5) is 0 Å². The number of rotatable bonds is 16. The van der Waals surface area contributed by atoms with Gasteiger partial charge in [-0.2, -0.15) is 0 Å². The highest BCUT2D eigenvalue weighted by atomic mass is 32.2. The van der Waals surface area contributed by atoms with Crippen molar-refractivity contribution in [2.24, 2.45) is 0 Å². The molecule has 0 spiro atoms. The number of unbranched alkanes of at least 4 members (excludes halogenated alkanes) is 9. The van der Waals surface area contributed by atoms with E-state index in [4.69, 9.17) is 5.11 Å². The fourth-order valence-electron chi connectivity index (χ4n) is 2.24. The third kappa shape index (κ3) is 16.5. The lowest BCUT2D eigenvalue weighted by atomic mass is 10.1. The molecule has 0 aromatic rings. The zero-order valence-corrected chi connectivity index (χ0v) is 15.3. The average molecular weight is 339 g/mol. The Hall–Kier alpha value is 0.260. The van der Waals surface area contributed by atoms with E-state index in [-0.39, 0.29) is 6.61 Å². The summed E-state index contributed by atoms with van der Waals surface area (Å²) in [4.78, 5) is 0. The van der Waals surface area contributed by atoms with Crippen molar-refractivity contribution in [1.82, 2.24) is 0 Å². The van der Waals surface area contributed by atoms with Gasteiger partial charge in [-0.25, -0.2) is 0 Å². The van der Waals surface area contributed by atoms with Crippen LogP contribution in [0.2, 0.25) is 0 Å². The molecule has 0 aliphatic heterocycles. The van der Waals surface area contributed by atoms with Gasteiger partial charge in [-0.05, 0) is 6.42 Å². The largest absolute Gasteiger partial charge is 0.395 e. The van der Waals surface area contributed by atoms with Gasteiger partial charge in [-0.3, -0.25) is 8.42 Å². The van der Waals surface area contributed by atoms with E-state index in [1.54, 1.807) is 0 Å². The maximum absolute atomic E-state index is 11.7. The van der Waals surface area contributed by atoms with Crippen molar-refractivity contribution in [2.75, 3.05) is 29.6 Å². The highest BCUT2D eigenvalue weighted by Gasteiger charge is 2.04. The summed E-state index contributed by atoms with van der Waals surface area (Å²) in [6, 6.07) is 0. The maximum atomic E-state index is 11.7. The topological polar surface area (TPSA) is 54.4 Å². The third-order valence-electron chi connectivity index (χ3n) is 3.58. The molecule has 0 aliphatic carbocycles. The lowest BCUT2D eigenvalue weighted by Gasteiger charge is -2.03. The van der Waals surface area contributed by atoms with Gasteiger partial charge in [0.25, 0.3) is 0 Å². The van der Waals surface area contributed by atoms with Crippen LogP contribution in [0.15, 0.2) is 0 Å². The standard InChI is InChI=1S/C16H34O3S2/c1-2-3-4-5-6-7-8-9-10-11-13-20(18)15-16-21(19)14-12-17/h17H,2-16H2,1H3. The first-order chi connectivity index (χ1) is 10.2. The molecule has 2 unspecified atom stereocenters. The first-order valence-electron chi connectivity index (χ1n) is 8.51. The minimum Gasteiger partial charge on any atom is -0.395 e. The Balaban J connectivity index is 3.23. The molecule has 5 heteroatoms. The van der Waals surface area contributed by atoms with Gasteiger partial charge in [0, 0.05) is 44.6 Å². The predicted octanol–water partition coefficient (Wildman–Crippen LogP) is 3.40. The summed E-state index contributed by atoms with van der Waals surface area (Å²) in [7, 11) is -1.83. The summed E-state index contributed by atoms with van der Waals surface area (Å²) in [5, 5.41) is 8.64. The summed E-state index contributed by atoms with van der Waals surface area (Å²) in [5.74, 6) is 2.04. The number of aliphatic hydroxyl groups is 1. The molecule has 0 aromatic heterocycles. The second-order valence-corrected chi connectivity index (χ2v) is 8.99. The average Bonchev–Trinajstić information content (AvgIpc) is 2.47. The van der Waals surface area contributed by atoms with Gasteiger partial charge in [0.15, 0.2) is 0 Å². The predicted molar refractivity (Wildman–Crippen MR) is 94.7 cm³/mol. The fourth-order valence-corrected chi connectivity index (χ4v) is 4.87. The molecule has 0 aliphatic rings. The second kappa shape index (κ2) is 16.6. The second-order valence-electron chi connectivity index (χ2n) is 5.60. The summed E-state index contributed by atoms with van der Waals surface area (Å²) in [5.41, 5.74) is 0. The summed E-state index contributed by atoms with van der Waals surface area (Å²) >= 11 is 0. The minimum atomic E-state index is -0.999. The van der Waals surface area contributed by atoms with Gasteiger partial charge in [-0.15, -0.1) is 0 Å². The van der Waals surface area contributed by atoms with Crippen LogP contribution >= 0.6 is 0 Å². The third-order valence-corrected chi connectivity index (χ3v) is 6.54. The first kappa shape index (κ1) is 21.3. The van der Waals surface area contributed by atoms with Crippen LogP contribution in [0.25, 0.3) is 0 Å². The molecule has 0 heterocycles. The zero-order chi connectivity index (χ0) is 15.8. The van der Waals surface area contributed by atoms with E-state index in [9.17, 15) is 8.42 Å². The van der Waals surface area contributed by atoms with Crippen LogP contribution in [0.3, 0.4) is 0 Å². The molecular weight excluding hydrogens is 304 g/mol. The minimum absolute atomic E-state index is 0.0440. The normalized spacial score (nSPS) is 14.2. The molecule has 0 saturated carbocycles. The van der Waals surface area contributed by atoms with Crippen LogP contribution in [-0.2, 0) is 21.6 Å². The van der Waals surface area contributed by atoms with Crippen LogP contribution < -0.4 is 0 Å². The van der Waals surface area contributed by atoms with Crippen LogP contribution in [0, 0.1) is 0 Å². The molecule has 0 rings (SSSR count). The molecule has 0 fully saturated rings. The highest BCUT2D eigenvalue weighted by molar-refractivity contribution is 7.88. The maximum Gasteiger partial charge on any atom is 0.0546 e. The number of hydrogen-bond donors (Lipinski definition) is 1. The van der Waals surface area contributed by atoms with Crippen LogP contribution in [0.1, 0.15) is 71.1 Å². The lowest BCUT2D eigenvalue weighted by Crippen LogP contribution is -2.14. The molecule has 128 valence electrons. The molecule has 1 N–H and O–H groups in total. The Morgan fingerprint density at radius 3 is 1.52 bits per heavy atom. The smallest absolute Gasteiger partial charge is 0.0546 e. The Bertz CT molecular complexity index is 270. The molecule has 0 aromatic carbocycles. The van der Waals surface area contributed by atoms with Crippen molar-refractivity contribution >= 4 is 21.6 Å². The Morgan fingerprint density at radius 1 is 0.619 bits per heavy atom.